The van der Waals surface area contributed by atoms with Crippen molar-refractivity contribution in [2.75, 3.05) is 26.2 Å². The van der Waals surface area contributed by atoms with E-state index in [0.717, 1.165) is 6.42 Å². The molecule has 0 spiro atoms. The number of benzene rings is 1. The van der Waals surface area contributed by atoms with Crippen LogP contribution in [0.2, 0.25) is 10.0 Å². The summed E-state index contributed by atoms with van der Waals surface area (Å²) in [5.74, 6) is 0.629. The predicted octanol–water partition coefficient (Wildman–Crippen LogP) is 4.14. The van der Waals surface area contributed by atoms with Crippen LogP contribution < -0.4 is 0 Å². The first-order valence-electron chi connectivity index (χ1n) is 8.60. The van der Waals surface area contributed by atoms with Gasteiger partial charge in [-0.25, -0.2) is 0 Å². The van der Waals surface area contributed by atoms with Crippen molar-refractivity contribution in [3.05, 3.63) is 56.2 Å². The Morgan fingerprint density at radius 2 is 1.65 bits per heavy atom. The van der Waals surface area contributed by atoms with Gasteiger partial charge < -0.3 is 9.80 Å². The maximum atomic E-state index is 12.7. The highest BCUT2D eigenvalue weighted by molar-refractivity contribution is 7.10. The van der Waals surface area contributed by atoms with Gasteiger partial charge in [-0.1, -0.05) is 29.3 Å². The molecule has 0 bridgehead atoms. The van der Waals surface area contributed by atoms with E-state index in [1.807, 2.05) is 11.0 Å². The number of hydrogen-bond donors (Lipinski definition) is 0. The Balaban J connectivity index is 1.34. The number of thiophene rings is 1. The average molecular weight is 409 g/mol. The maximum absolute atomic E-state index is 12.7. The number of carbonyl (C=O) groups excluding carboxylic acids is 2. The number of nitrogens with zero attached hydrogens (tertiary/aromatic N) is 2. The van der Waals surface area contributed by atoms with E-state index in [4.69, 9.17) is 23.2 Å². The van der Waals surface area contributed by atoms with Gasteiger partial charge in [0.05, 0.1) is 0 Å². The first-order valence-corrected chi connectivity index (χ1v) is 10.2. The van der Waals surface area contributed by atoms with Crippen LogP contribution in [0.3, 0.4) is 0 Å². The number of amides is 2. The molecule has 2 heterocycles. The quantitative estimate of drug-likeness (QED) is 0.765. The largest absolute Gasteiger partial charge is 0.339 e. The Bertz CT molecular complexity index is 812. The van der Waals surface area contributed by atoms with Crippen LogP contribution in [-0.4, -0.2) is 47.8 Å². The Kier molecular flexibility index (Phi) is 4.95. The molecule has 2 unspecified atom stereocenters. The molecular weight excluding hydrogens is 391 g/mol. The van der Waals surface area contributed by atoms with Gasteiger partial charge in [0.1, 0.15) is 0 Å². The molecule has 2 aromatic rings. The molecule has 1 saturated carbocycles. The number of piperazine rings is 1. The molecule has 7 heteroatoms. The molecule has 2 atom stereocenters. The molecule has 2 fully saturated rings. The van der Waals surface area contributed by atoms with Gasteiger partial charge in [0.25, 0.3) is 5.91 Å². The van der Waals surface area contributed by atoms with Crippen molar-refractivity contribution in [3.8, 4) is 0 Å². The molecule has 0 N–H and O–H groups in total. The van der Waals surface area contributed by atoms with E-state index in [1.54, 1.807) is 34.4 Å². The molecule has 0 radical (unpaired) electrons. The lowest BCUT2D eigenvalue weighted by Crippen LogP contribution is -2.51. The summed E-state index contributed by atoms with van der Waals surface area (Å²) < 4.78 is 0. The smallest absolute Gasteiger partial charge is 0.254 e. The molecule has 1 aromatic carbocycles. The summed E-state index contributed by atoms with van der Waals surface area (Å²) in [6.07, 6.45) is 0.944. The van der Waals surface area contributed by atoms with Crippen LogP contribution >= 0.6 is 34.5 Å². The lowest BCUT2D eigenvalue weighted by molar-refractivity contribution is -0.134. The van der Waals surface area contributed by atoms with Crippen LogP contribution in [0.5, 0.6) is 0 Å². The molecule has 1 saturated heterocycles. The van der Waals surface area contributed by atoms with Gasteiger partial charge in [-0.05, 0) is 36.1 Å². The van der Waals surface area contributed by atoms with Crippen molar-refractivity contribution in [2.24, 2.45) is 5.92 Å². The fraction of sp³-hybridized carbons (Fsp3) is 0.368. The molecule has 1 aliphatic heterocycles. The minimum Gasteiger partial charge on any atom is -0.339 e. The molecule has 136 valence electrons. The fourth-order valence-electron chi connectivity index (χ4n) is 3.51. The SMILES string of the molecule is O=C(c1cc(Cl)cc(Cl)c1)N1CCN(C(=O)C2CC2c2cccs2)CC1. The lowest BCUT2D eigenvalue weighted by Gasteiger charge is -2.35. The second-order valence-electron chi connectivity index (χ2n) is 6.74. The Hall–Kier alpha value is -1.56. The van der Waals surface area contributed by atoms with Crippen molar-refractivity contribution in [2.45, 2.75) is 12.3 Å². The van der Waals surface area contributed by atoms with Crippen LogP contribution in [0.1, 0.15) is 27.6 Å². The summed E-state index contributed by atoms with van der Waals surface area (Å²) in [5.41, 5.74) is 0.488. The lowest BCUT2D eigenvalue weighted by atomic mass is 10.1. The number of hydrogen-bond acceptors (Lipinski definition) is 3. The van der Waals surface area contributed by atoms with E-state index in [-0.39, 0.29) is 17.7 Å². The highest BCUT2D eigenvalue weighted by Crippen LogP contribution is 2.50. The second-order valence-corrected chi connectivity index (χ2v) is 8.59. The van der Waals surface area contributed by atoms with Gasteiger partial charge in [0.2, 0.25) is 5.91 Å². The zero-order valence-corrected chi connectivity index (χ0v) is 16.4. The maximum Gasteiger partial charge on any atom is 0.254 e. The zero-order valence-electron chi connectivity index (χ0n) is 14.0. The number of rotatable bonds is 3. The van der Waals surface area contributed by atoms with Crippen LogP contribution in [0, 0.1) is 5.92 Å². The summed E-state index contributed by atoms with van der Waals surface area (Å²) in [5, 5.41) is 2.95. The van der Waals surface area contributed by atoms with E-state index >= 15 is 0 Å². The van der Waals surface area contributed by atoms with Crippen LogP contribution in [-0.2, 0) is 4.79 Å². The van der Waals surface area contributed by atoms with Crippen molar-refractivity contribution in [1.82, 2.24) is 9.80 Å². The van der Waals surface area contributed by atoms with Crippen LogP contribution in [0.4, 0.5) is 0 Å². The zero-order chi connectivity index (χ0) is 18.3. The Morgan fingerprint density at radius 3 is 2.27 bits per heavy atom. The third-order valence-corrected chi connectivity index (χ3v) is 6.44. The van der Waals surface area contributed by atoms with E-state index in [1.165, 1.54) is 4.88 Å². The van der Waals surface area contributed by atoms with Gasteiger partial charge in [-0.15, -0.1) is 11.3 Å². The van der Waals surface area contributed by atoms with E-state index < -0.39 is 0 Å². The molecule has 4 rings (SSSR count). The van der Waals surface area contributed by atoms with Gasteiger partial charge in [0.15, 0.2) is 0 Å². The van der Waals surface area contributed by atoms with Crippen LogP contribution in [0.15, 0.2) is 35.7 Å². The number of halogens is 2. The van der Waals surface area contributed by atoms with Crippen molar-refractivity contribution >= 4 is 46.4 Å². The van der Waals surface area contributed by atoms with Gasteiger partial charge >= 0.3 is 0 Å². The summed E-state index contributed by atoms with van der Waals surface area (Å²) in [7, 11) is 0. The molecule has 1 aliphatic carbocycles. The fourth-order valence-corrected chi connectivity index (χ4v) is 4.94. The second kappa shape index (κ2) is 7.22. The highest BCUT2D eigenvalue weighted by atomic mass is 35.5. The van der Waals surface area contributed by atoms with E-state index in [2.05, 4.69) is 11.4 Å². The third kappa shape index (κ3) is 3.61. The van der Waals surface area contributed by atoms with Gasteiger partial charge in [0, 0.05) is 58.5 Å². The average Bonchev–Trinajstić information content (AvgIpc) is 3.24. The van der Waals surface area contributed by atoms with E-state index in [0.29, 0.717) is 47.7 Å². The summed E-state index contributed by atoms with van der Waals surface area (Å²) in [4.78, 5) is 30.3. The molecular formula is C19H18Cl2N2O2S. The third-order valence-electron chi connectivity index (χ3n) is 5.00. The minimum atomic E-state index is -0.0932. The molecule has 2 aliphatic rings. The summed E-state index contributed by atoms with van der Waals surface area (Å²) >= 11 is 13.7. The number of carbonyl (C=O) groups is 2. The summed E-state index contributed by atoms with van der Waals surface area (Å²) in [6.45, 7) is 2.22. The monoisotopic (exact) mass is 408 g/mol. The Labute approximate surface area is 166 Å². The molecule has 1 aromatic heterocycles. The van der Waals surface area contributed by atoms with Crippen molar-refractivity contribution < 1.29 is 9.59 Å². The Morgan fingerprint density at radius 1 is 1.00 bits per heavy atom. The van der Waals surface area contributed by atoms with Crippen molar-refractivity contribution in [1.29, 1.82) is 0 Å². The molecule has 4 nitrogen and oxygen atoms in total. The van der Waals surface area contributed by atoms with E-state index in [9.17, 15) is 9.59 Å². The van der Waals surface area contributed by atoms with Crippen LogP contribution in [0.25, 0.3) is 0 Å². The first-order chi connectivity index (χ1) is 12.5. The summed E-state index contributed by atoms with van der Waals surface area (Å²) in [6, 6.07) is 9.00. The molecule has 2 amide bonds. The topological polar surface area (TPSA) is 40.6 Å². The molecule has 26 heavy (non-hydrogen) atoms. The van der Waals surface area contributed by atoms with Gasteiger partial charge in [-0.2, -0.15) is 0 Å². The first kappa shape index (κ1) is 17.8. The minimum absolute atomic E-state index is 0.0932. The van der Waals surface area contributed by atoms with Crippen molar-refractivity contribution in [3.63, 3.8) is 0 Å². The normalized spacial score (nSPS) is 22.4. The predicted molar refractivity (Wildman–Crippen MR) is 104 cm³/mol. The standard InChI is InChI=1S/C19H18Cl2N2O2S/c20-13-8-12(9-14(21)10-13)18(24)22-3-5-23(6-4-22)19(25)16-11-15(16)17-2-1-7-26-17/h1-2,7-10,15-16H,3-6,11H2. The highest BCUT2D eigenvalue weighted by Gasteiger charge is 2.46. The van der Waals surface area contributed by atoms with Gasteiger partial charge in [-0.3, -0.25) is 9.59 Å².